The van der Waals surface area contributed by atoms with Crippen molar-refractivity contribution in [2.75, 3.05) is 5.32 Å². The van der Waals surface area contributed by atoms with Crippen molar-refractivity contribution in [2.45, 2.75) is 13.0 Å². The van der Waals surface area contributed by atoms with Gasteiger partial charge >= 0.3 is 5.97 Å². The quantitative estimate of drug-likeness (QED) is 0.858. The van der Waals surface area contributed by atoms with Gasteiger partial charge in [0.2, 0.25) is 0 Å². The Morgan fingerprint density at radius 1 is 1.44 bits per heavy atom. The molecule has 2 N–H and O–H groups in total. The number of hydrogen-bond acceptors (Lipinski definition) is 4. The van der Waals surface area contributed by atoms with Crippen LogP contribution in [0.1, 0.15) is 29.1 Å². The van der Waals surface area contributed by atoms with Crippen molar-refractivity contribution in [3.8, 4) is 0 Å². The summed E-state index contributed by atoms with van der Waals surface area (Å²) in [6.07, 6.45) is 1.86. The van der Waals surface area contributed by atoms with E-state index in [1.165, 1.54) is 6.07 Å². The van der Waals surface area contributed by atoms with Crippen LogP contribution in [-0.2, 0) is 7.05 Å². The molecule has 6 heteroatoms. The molecule has 0 amide bonds. The van der Waals surface area contributed by atoms with Crippen LogP contribution in [0, 0.1) is 0 Å². The molecule has 0 aliphatic rings. The lowest BCUT2D eigenvalue weighted by Crippen LogP contribution is -2.10. The van der Waals surface area contributed by atoms with E-state index in [-0.39, 0.29) is 11.7 Å². The van der Waals surface area contributed by atoms with Crippen LogP contribution in [0.25, 0.3) is 0 Å². The van der Waals surface area contributed by atoms with Crippen LogP contribution in [0.4, 0.5) is 5.82 Å². The molecule has 94 valence electrons. The Kier molecular flexibility index (Phi) is 3.27. The highest BCUT2D eigenvalue weighted by molar-refractivity contribution is 5.85. The SMILES string of the molecule is CC(Nc1cccc(C(=O)O)n1)c1ccn(C)n1. The average molecular weight is 246 g/mol. The zero-order valence-electron chi connectivity index (χ0n) is 10.2. The fourth-order valence-electron chi connectivity index (χ4n) is 1.59. The van der Waals surface area contributed by atoms with Gasteiger partial charge < -0.3 is 10.4 Å². The number of nitrogens with zero attached hydrogens (tertiary/aromatic N) is 3. The molecule has 6 nitrogen and oxygen atoms in total. The minimum absolute atomic E-state index is 0.0215. The lowest BCUT2D eigenvalue weighted by Gasteiger charge is -2.12. The van der Waals surface area contributed by atoms with Gasteiger partial charge in [-0.15, -0.1) is 0 Å². The van der Waals surface area contributed by atoms with Gasteiger partial charge in [0.25, 0.3) is 0 Å². The summed E-state index contributed by atoms with van der Waals surface area (Å²) in [5.74, 6) is -0.516. The van der Waals surface area contributed by atoms with E-state index in [2.05, 4.69) is 15.4 Å². The number of nitrogens with one attached hydrogen (secondary N) is 1. The molecule has 2 aromatic rings. The molecule has 0 saturated carbocycles. The highest BCUT2D eigenvalue weighted by atomic mass is 16.4. The van der Waals surface area contributed by atoms with Crippen LogP contribution < -0.4 is 5.32 Å². The van der Waals surface area contributed by atoms with Gasteiger partial charge in [0.05, 0.1) is 11.7 Å². The maximum Gasteiger partial charge on any atom is 0.354 e. The second-order valence-corrected chi connectivity index (χ2v) is 3.99. The summed E-state index contributed by atoms with van der Waals surface area (Å²) in [6, 6.07) is 6.70. The van der Waals surface area contributed by atoms with Crippen molar-refractivity contribution < 1.29 is 9.90 Å². The number of pyridine rings is 1. The van der Waals surface area contributed by atoms with Crippen molar-refractivity contribution >= 4 is 11.8 Å². The van der Waals surface area contributed by atoms with Crippen molar-refractivity contribution in [3.63, 3.8) is 0 Å². The van der Waals surface area contributed by atoms with Crippen LogP contribution >= 0.6 is 0 Å². The summed E-state index contributed by atoms with van der Waals surface area (Å²) in [4.78, 5) is 14.8. The summed E-state index contributed by atoms with van der Waals surface area (Å²) in [7, 11) is 1.85. The maximum absolute atomic E-state index is 10.8. The highest BCUT2D eigenvalue weighted by Gasteiger charge is 2.10. The Balaban J connectivity index is 2.14. The molecular weight excluding hydrogens is 232 g/mol. The van der Waals surface area contributed by atoms with Gasteiger partial charge in [-0.05, 0) is 25.1 Å². The van der Waals surface area contributed by atoms with Gasteiger partial charge in [-0.1, -0.05) is 6.07 Å². The van der Waals surface area contributed by atoms with E-state index in [1.54, 1.807) is 16.8 Å². The Morgan fingerprint density at radius 3 is 2.83 bits per heavy atom. The van der Waals surface area contributed by atoms with Crippen LogP contribution in [0.2, 0.25) is 0 Å². The number of aromatic nitrogens is 3. The molecule has 0 aliphatic carbocycles. The molecule has 0 fully saturated rings. The van der Waals surface area contributed by atoms with Crippen molar-refractivity contribution in [2.24, 2.45) is 7.05 Å². The number of carbonyl (C=O) groups is 1. The molecule has 0 spiro atoms. The average Bonchev–Trinajstić information content (AvgIpc) is 2.76. The van der Waals surface area contributed by atoms with E-state index < -0.39 is 5.97 Å². The number of hydrogen-bond donors (Lipinski definition) is 2. The molecule has 2 heterocycles. The Labute approximate surface area is 104 Å². The third-order valence-electron chi connectivity index (χ3n) is 2.51. The Morgan fingerprint density at radius 2 is 2.22 bits per heavy atom. The molecular formula is C12H14N4O2. The molecule has 2 aromatic heterocycles. The molecule has 1 unspecified atom stereocenters. The van der Waals surface area contributed by atoms with Gasteiger partial charge in [0.1, 0.15) is 5.82 Å². The second-order valence-electron chi connectivity index (χ2n) is 3.99. The van der Waals surface area contributed by atoms with Gasteiger partial charge in [0.15, 0.2) is 5.69 Å². The lowest BCUT2D eigenvalue weighted by molar-refractivity contribution is 0.0690. The Hall–Kier alpha value is -2.37. The fraction of sp³-hybridized carbons (Fsp3) is 0.250. The summed E-state index contributed by atoms with van der Waals surface area (Å²) >= 11 is 0. The summed E-state index contributed by atoms with van der Waals surface area (Å²) < 4.78 is 1.72. The molecule has 0 saturated heterocycles. The van der Waals surface area contributed by atoms with Crippen molar-refractivity contribution in [3.05, 3.63) is 41.9 Å². The van der Waals surface area contributed by atoms with Crippen LogP contribution in [0.5, 0.6) is 0 Å². The third kappa shape index (κ3) is 2.65. The van der Waals surface area contributed by atoms with E-state index in [0.29, 0.717) is 5.82 Å². The lowest BCUT2D eigenvalue weighted by atomic mass is 10.2. The number of carboxylic acids is 1. The standard InChI is InChI=1S/C12H14N4O2/c1-8(9-6-7-16(2)15-9)13-11-5-3-4-10(14-11)12(17)18/h3-8H,1-2H3,(H,13,14)(H,17,18). The van der Waals surface area contributed by atoms with E-state index in [0.717, 1.165) is 5.69 Å². The van der Waals surface area contributed by atoms with E-state index >= 15 is 0 Å². The van der Waals surface area contributed by atoms with E-state index in [4.69, 9.17) is 5.11 Å². The minimum Gasteiger partial charge on any atom is -0.477 e. The topological polar surface area (TPSA) is 80.0 Å². The first-order valence-corrected chi connectivity index (χ1v) is 5.52. The summed E-state index contributed by atoms with van der Waals surface area (Å²) in [5, 5.41) is 16.2. The second kappa shape index (κ2) is 4.87. The largest absolute Gasteiger partial charge is 0.477 e. The van der Waals surface area contributed by atoms with Gasteiger partial charge in [0, 0.05) is 13.2 Å². The molecule has 18 heavy (non-hydrogen) atoms. The number of anilines is 1. The number of carboxylic acid groups (broad SMARTS) is 1. The molecule has 1 atom stereocenters. The van der Waals surface area contributed by atoms with Crippen molar-refractivity contribution in [1.29, 1.82) is 0 Å². The predicted molar refractivity (Wildman–Crippen MR) is 66.4 cm³/mol. The van der Waals surface area contributed by atoms with E-state index in [1.807, 2.05) is 26.2 Å². The number of aryl methyl sites for hydroxylation is 1. The van der Waals surface area contributed by atoms with Gasteiger partial charge in [-0.25, -0.2) is 9.78 Å². The molecule has 0 aromatic carbocycles. The zero-order valence-corrected chi connectivity index (χ0v) is 10.2. The molecule has 0 bridgehead atoms. The van der Waals surface area contributed by atoms with Crippen molar-refractivity contribution in [1.82, 2.24) is 14.8 Å². The van der Waals surface area contributed by atoms with Crippen LogP contribution in [0.3, 0.4) is 0 Å². The monoisotopic (exact) mass is 246 g/mol. The number of aromatic carboxylic acids is 1. The molecule has 2 rings (SSSR count). The maximum atomic E-state index is 10.8. The van der Waals surface area contributed by atoms with E-state index in [9.17, 15) is 4.79 Å². The highest BCUT2D eigenvalue weighted by Crippen LogP contribution is 2.16. The first kappa shape index (κ1) is 12.1. The smallest absolute Gasteiger partial charge is 0.354 e. The first-order valence-electron chi connectivity index (χ1n) is 5.52. The number of rotatable bonds is 4. The van der Waals surface area contributed by atoms with Gasteiger partial charge in [-0.3, -0.25) is 4.68 Å². The van der Waals surface area contributed by atoms with Crippen LogP contribution in [0.15, 0.2) is 30.5 Å². The minimum atomic E-state index is -1.04. The zero-order chi connectivity index (χ0) is 13.1. The molecule has 0 radical (unpaired) electrons. The Bertz CT molecular complexity index is 565. The van der Waals surface area contributed by atoms with Crippen LogP contribution in [-0.4, -0.2) is 25.8 Å². The first-order chi connectivity index (χ1) is 8.56. The summed E-state index contributed by atoms with van der Waals surface area (Å²) in [6.45, 7) is 1.94. The molecule has 0 aliphatic heterocycles. The fourth-order valence-corrected chi connectivity index (χ4v) is 1.59. The van der Waals surface area contributed by atoms with Gasteiger partial charge in [-0.2, -0.15) is 5.10 Å². The summed E-state index contributed by atoms with van der Waals surface area (Å²) in [5.41, 5.74) is 0.897. The normalized spacial score (nSPS) is 12.1. The predicted octanol–water partition coefficient (Wildman–Crippen LogP) is 1.69. The third-order valence-corrected chi connectivity index (χ3v) is 2.51.